The van der Waals surface area contributed by atoms with Crippen LogP contribution in [0.3, 0.4) is 0 Å². The van der Waals surface area contributed by atoms with Crippen molar-refractivity contribution in [3.05, 3.63) is 36.0 Å². The number of hydrogen-bond donors (Lipinski definition) is 0. The van der Waals surface area contributed by atoms with Crippen molar-refractivity contribution in [2.24, 2.45) is 0 Å². The van der Waals surface area contributed by atoms with E-state index in [1.807, 2.05) is 0 Å². The number of ether oxygens (including phenoxy) is 2. The van der Waals surface area contributed by atoms with Crippen LogP contribution in [0.25, 0.3) is 0 Å². The van der Waals surface area contributed by atoms with E-state index in [9.17, 15) is 13.2 Å². The van der Waals surface area contributed by atoms with Crippen LogP contribution >= 0.6 is 0 Å². The third kappa shape index (κ3) is 7.92. The van der Waals surface area contributed by atoms with Gasteiger partial charge in [-0.3, -0.25) is 0 Å². The van der Waals surface area contributed by atoms with Crippen LogP contribution in [0.5, 0.6) is 11.8 Å². The van der Waals surface area contributed by atoms with Gasteiger partial charge < -0.3 is 14.4 Å². The van der Waals surface area contributed by atoms with Crippen molar-refractivity contribution < 1.29 is 22.6 Å². The van der Waals surface area contributed by atoms with Crippen molar-refractivity contribution in [1.82, 2.24) is 9.97 Å². The molecule has 1 aromatic heterocycles. The van der Waals surface area contributed by atoms with E-state index in [0.29, 0.717) is 24.7 Å². The second-order valence-electron chi connectivity index (χ2n) is 7.41. The number of nitrogens with zero attached hydrogens (tertiary/aromatic N) is 3. The summed E-state index contributed by atoms with van der Waals surface area (Å²) in [4.78, 5) is 9.21. The molecule has 2 rings (SSSR count). The molecule has 2 aromatic rings. The molecule has 31 heavy (non-hydrogen) atoms. The summed E-state index contributed by atoms with van der Waals surface area (Å²) in [5.41, 5.74) is -0.381. The Hall–Kier alpha value is -2.51. The second-order valence-corrected chi connectivity index (χ2v) is 7.41. The SMILES string of the molecule is CCCCCCOc1cccc(N(C)c2nc(OCCCCC)ncc2C(F)(F)F)c1. The summed E-state index contributed by atoms with van der Waals surface area (Å²) in [6.07, 6.45) is 3.31. The third-order valence-electron chi connectivity index (χ3n) is 4.82. The van der Waals surface area contributed by atoms with Gasteiger partial charge in [0.05, 0.1) is 13.2 Å². The number of unbranched alkanes of at least 4 members (excludes halogenated alkanes) is 5. The Morgan fingerprint density at radius 2 is 1.61 bits per heavy atom. The number of aromatic nitrogens is 2. The van der Waals surface area contributed by atoms with Crippen molar-refractivity contribution in [2.45, 2.75) is 65.0 Å². The Balaban J connectivity index is 2.19. The summed E-state index contributed by atoms with van der Waals surface area (Å²) in [6, 6.07) is 6.92. The first-order chi connectivity index (χ1) is 14.9. The van der Waals surface area contributed by atoms with Crippen LogP contribution in [0.4, 0.5) is 24.7 Å². The molecule has 0 N–H and O–H groups in total. The van der Waals surface area contributed by atoms with Crippen LogP contribution < -0.4 is 14.4 Å². The average Bonchev–Trinajstić information content (AvgIpc) is 2.75. The maximum absolute atomic E-state index is 13.6. The monoisotopic (exact) mass is 439 g/mol. The summed E-state index contributed by atoms with van der Waals surface area (Å²) in [5, 5.41) is 0. The molecule has 1 heterocycles. The van der Waals surface area contributed by atoms with Crippen molar-refractivity contribution in [2.75, 3.05) is 25.2 Å². The number of anilines is 2. The average molecular weight is 440 g/mol. The number of alkyl halides is 3. The number of rotatable bonds is 13. The van der Waals surface area contributed by atoms with Gasteiger partial charge in [-0.1, -0.05) is 52.0 Å². The minimum absolute atomic E-state index is 0.0609. The Morgan fingerprint density at radius 1 is 0.935 bits per heavy atom. The molecule has 0 spiro atoms. The second kappa shape index (κ2) is 12.4. The highest BCUT2D eigenvalue weighted by molar-refractivity contribution is 5.64. The van der Waals surface area contributed by atoms with Crippen LogP contribution in [0.2, 0.25) is 0 Å². The predicted octanol–water partition coefficient (Wildman–Crippen LogP) is 6.79. The lowest BCUT2D eigenvalue weighted by Crippen LogP contribution is -2.19. The first-order valence-corrected chi connectivity index (χ1v) is 10.9. The number of halogens is 3. The van der Waals surface area contributed by atoms with Crippen LogP contribution in [-0.2, 0) is 6.18 Å². The van der Waals surface area contributed by atoms with E-state index in [1.54, 1.807) is 31.3 Å². The molecule has 172 valence electrons. The third-order valence-corrected chi connectivity index (χ3v) is 4.82. The molecule has 0 saturated heterocycles. The molecule has 0 aliphatic carbocycles. The molecule has 1 aromatic carbocycles. The van der Waals surface area contributed by atoms with Gasteiger partial charge in [0.1, 0.15) is 11.3 Å². The molecule has 0 aliphatic heterocycles. The molecule has 0 bridgehead atoms. The van der Waals surface area contributed by atoms with Gasteiger partial charge in [0.25, 0.3) is 0 Å². The van der Waals surface area contributed by atoms with Crippen molar-refractivity contribution in [3.63, 3.8) is 0 Å². The van der Waals surface area contributed by atoms with E-state index in [4.69, 9.17) is 9.47 Å². The Labute approximate surface area is 182 Å². The molecule has 0 atom stereocenters. The summed E-state index contributed by atoms with van der Waals surface area (Å²) >= 11 is 0. The first-order valence-electron chi connectivity index (χ1n) is 10.9. The molecular weight excluding hydrogens is 407 g/mol. The van der Waals surface area contributed by atoms with Gasteiger partial charge in [-0.2, -0.15) is 18.2 Å². The summed E-state index contributed by atoms with van der Waals surface area (Å²) in [7, 11) is 1.54. The Kier molecular flexibility index (Phi) is 9.88. The molecule has 8 heteroatoms. The topological polar surface area (TPSA) is 47.5 Å². The van der Waals surface area contributed by atoms with Gasteiger partial charge >= 0.3 is 12.2 Å². The number of hydrogen-bond acceptors (Lipinski definition) is 5. The number of benzene rings is 1. The molecule has 0 unspecified atom stereocenters. The van der Waals surface area contributed by atoms with Crippen LogP contribution in [-0.4, -0.2) is 30.2 Å². The fraction of sp³-hybridized carbons (Fsp3) is 0.565. The van der Waals surface area contributed by atoms with Gasteiger partial charge in [0.2, 0.25) is 0 Å². The van der Waals surface area contributed by atoms with Gasteiger partial charge in [0.15, 0.2) is 5.82 Å². The van der Waals surface area contributed by atoms with Crippen LogP contribution in [0, 0.1) is 0 Å². The molecule has 0 amide bonds. The molecule has 0 fully saturated rings. The highest BCUT2D eigenvalue weighted by Gasteiger charge is 2.36. The van der Waals surface area contributed by atoms with Gasteiger partial charge in [0, 0.05) is 25.0 Å². The van der Waals surface area contributed by atoms with Crippen molar-refractivity contribution in [1.29, 1.82) is 0 Å². The molecule has 0 aliphatic rings. The quantitative estimate of drug-likeness (QED) is 0.322. The zero-order valence-electron chi connectivity index (χ0n) is 18.5. The molecule has 5 nitrogen and oxygen atoms in total. The van der Waals surface area contributed by atoms with Crippen molar-refractivity contribution in [3.8, 4) is 11.8 Å². The zero-order valence-corrected chi connectivity index (χ0v) is 18.5. The fourth-order valence-corrected chi connectivity index (χ4v) is 3.02. The van der Waals surface area contributed by atoms with Gasteiger partial charge in [-0.25, -0.2) is 4.98 Å². The Morgan fingerprint density at radius 3 is 2.32 bits per heavy atom. The smallest absolute Gasteiger partial charge is 0.421 e. The fourth-order valence-electron chi connectivity index (χ4n) is 3.02. The van der Waals surface area contributed by atoms with E-state index in [1.165, 1.54) is 4.90 Å². The lowest BCUT2D eigenvalue weighted by molar-refractivity contribution is -0.137. The highest BCUT2D eigenvalue weighted by Crippen LogP contribution is 2.38. The van der Waals surface area contributed by atoms with Crippen molar-refractivity contribution >= 4 is 11.5 Å². The standard InChI is InChI=1S/C23H32F3N3O2/c1-4-6-8-10-14-30-19-13-11-12-18(16-19)29(3)21-20(23(24,25)26)17-27-22(28-21)31-15-9-7-5-2/h11-13,16-17H,4-10,14-15H2,1-3H3. The van der Waals surface area contributed by atoms with Gasteiger partial charge in [-0.15, -0.1) is 0 Å². The van der Waals surface area contributed by atoms with E-state index >= 15 is 0 Å². The summed E-state index contributed by atoms with van der Waals surface area (Å²) in [5.74, 6) is 0.354. The lowest BCUT2D eigenvalue weighted by atomic mass is 10.2. The van der Waals surface area contributed by atoms with Crippen LogP contribution in [0.15, 0.2) is 30.5 Å². The highest BCUT2D eigenvalue weighted by atomic mass is 19.4. The molecular formula is C23H32F3N3O2. The minimum atomic E-state index is -4.59. The zero-order chi connectivity index (χ0) is 22.7. The first kappa shape index (κ1) is 24.8. The molecule has 0 saturated carbocycles. The predicted molar refractivity (Wildman–Crippen MR) is 116 cm³/mol. The normalized spacial score (nSPS) is 11.4. The van der Waals surface area contributed by atoms with E-state index < -0.39 is 11.7 Å². The molecule has 0 radical (unpaired) electrons. The maximum atomic E-state index is 13.6. The minimum Gasteiger partial charge on any atom is -0.494 e. The maximum Gasteiger partial charge on any atom is 0.421 e. The Bertz CT molecular complexity index is 800. The summed E-state index contributed by atoms with van der Waals surface area (Å²) < 4.78 is 52.0. The van der Waals surface area contributed by atoms with Gasteiger partial charge in [-0.05, 0) is 25.0 Å². The van der Waals surface area contributed by atoms with E-state index in [0.717, 1.165) is 51.1 Å². The lowest BCUT2D eigenvalue weighted by Gasteiger charge is -2.23. The van der Waals surface area contributed by atoms with E-state index in [2.05, 4.69) is 23.8 Å². The van der Waals surface area contributed by atoms with E-state index in [-0.39, 0.29) is 11.8 Å². The largest absolute Gasteiger partial charge is 0.494 e. The van der Waals surface area contributed by atoms with Crippen LogP contribution in [0.1, 0.15) is 64.4 Å². The summed E-state index contributed by atoms with van der Waals surface area (Å²) in [6.45, 7) is 5.14.